The summed E-state index contributed by atoms with van der Waals surface area (Å²) in [6.07, 6.45) is 0. The molecular weight excluding hydrogens is 299 g/mol. The van der Waals surface area contributed by atoms with Gasteiger partial charge < -0.3 is 0 Å². The number of hydrogen-bond donors (Lipinski definition) is 0. The summed E-state index contributed by atoms with van der Waals surface area (Å²) in [7, 11) is 0. The average molecular weight is 314 g/mol. The molecule has 2 aromatic carbocycles. The minimum Gasteiger partial charge on any atom is -0.206 e. The van der Waals surface area contributed by atoms with Crippen LogP contribution in [0.4, 0.5) is 22.0 Å². The molecule has 0 heterocycles. The Morgan fingerprint density at radius 3 is 1.82 bits per heavy atom. The van der Waals surface area contributed by atoms with Crippen LogP contribution in [0.1, 0.15) is 30.5 Å². The van der Waals surface area contributed by atoms with E-state index in [2.05, 4.69) is 0 Å². The molecule has 22 heavy (non-hydrogen) atoms. The summed E-state index contributed by atoms with van der Waals surface area (Å²) in [5.74, 6) is -7.08. The fourth-order valence-corrected chi connectivity index (χ4v) is 2.31. The van der Waals surface area contributed by atoms with Crippen LogP contribution in [-0.2, 0) is 11.8 Å². The monoisotopic (exact) mass is 314 g/mol. The second kappa shape index (κ2) is 5.38. The van der Waals surface area contributed by atoms with E-state index in [-0.39, 0.29) is 16.7 Å². The van der Waals surface area contributed by atoms with Gasteiger partial charge in [0.05, 0.1) is 0 Å². The first-order chi connectivity index (χ1) is 10.00. The number of aryl methyl sites for hydroxylation is 1. The van der Waals surface area contributed by atoms with Crippen molar-refractivity contribution in [3.63, 3.8) is 0 Å². The first-order valence-electron chi connectivity index (χ1n) is 6.67. The molecule has 0 aliphatic heterocycles. The predicted molar refractivity (Wildman–Crippen MR) is 75.7 cm³/mol. The van der Waals surface area contributed by atoms with Crippen LogP contribution < -0.4 is 0 Å². The van der Waals surface area contributed by atoms with E-state index in [1.165, 1.54) is 25.1 Å². The van der Waals surface area contributed by atoms with Gasteiger partial charge >= 0.3 is 0 Å². The maximum Gasteiger partial charge on any atom is 0.271 e. The smallest absolute Gasteiger partial charge is 0.206 e. The van der Waals surface area contributed by atoms with Crippen LogP contribution >= 0.6 is 0 Å². The first kappa shape index (κ1) is 16.5. The Morgan fingerprint density at radius 1 is 0.818 bits per heavy atom. The second-order valence-electron chi connectivity index (χ2n) is 5.52. The van der Waals surface area contributed by atoms with Crippen molar-refractivity contribution in [1.82, 2.24) is 0 Å². The summed E-state index contributed by atoms with van der Waals surface area (Å²) in [4.78, 5) is 0. The largest absolute Gasteiger partial charge is 0.271 e. The average Bonchev–Trinajstić information content (AvgIpc) is 2.36. The summed E-state index contributed by atoms with van der Waals surface area (Å²) >= 11 is 0. The third-order valence-corrected chi connectivity index (χ3v) is 3.39. The lowest BCUT2D eigenvalue weighted by molar-refractivity contribution is 0.0167. The maximum absolute atomic E-state index is 14.2. The van der Waals surface area contributed by atoms with Crippen LogP contribution in [0, 0.1) is 12.7 Å². The highest BCUT2D eigenvalue weighted by atomic mass is 19.3. The van der Waals surface area contributed by atoms with Crippen LogP contribution in [0.15, 0.2) is 36.4 Å². The number of hydrogen-bond acceptors (Lipinski definition) is 0. The van der Waals surface area contributed by atoms with Gasteiger partial charge in [-0.05, 0) is 30.2 Å². The van der Waals surface area contributed by atoms with Gasteiger partial charge in [0.25, 0.3) is 11.8 Å². The molecule has 0 radical (unpaired) electrons. The molecule has 118 valence electrons. The molecule has 2 rings (SSSR count). The Kier molecular flexibility index (Phi) is 4.02. The van der Waals surface area contributed by atoms with E-state index >= 15 is 0 Å². The molecule has 5 heteroatoms. The lowest BCUT2D eigenvalue weighted by Gasteiger charge is -2.18. The van der Waals surface area contributed by atoms with E-state index in [4.69, 9.17) is 0 Å². The van der Waals surface area contributed by atoms with E-state index in [0.29, 0.717) is 12.5 Å². The van der Waals surface area contributed by atoms with Gasteiger partial charge in [0.2, 0.25) is 0 Å². The lowest BCUT2D eigenvalue weighted by atomic mass is 9.93. The molecule has 2 aromatic rings. The van der Waals surface area contributed by atoms with Crippen LogP contribution in [0.3, 0.4) is 0 Å². The van der Waals surface area contributed by atoms with Crippen LogP contribution in [-0.4, -0.2) is 0 Å². The molecule has 0 spiro atoms. The van der Waals surface area contributed by atoms with Crippen molar-refractivity contribution < 1.29 is 22.0 Å². The third kappa shape index (κ3) is 3.29. The number of rotatable bonds is 3. The Hall–Kier alpha value is -1.91. The van der Waals surface area contributed by atoms with Gasteiger partial charge in [-0.15, -0.1) is 0 Å². The molecule has 0 aliphatic rings. The highest BCUT2D eigenvalue weighted by molar-refractivity contribution is 5.70. The fourth-order valence-electron chi connectivity index (χ4n) is 2.31. The Morgan fingerprint density at radius 2 is 1.36 bits per heavy atom. The maximum atomic E-state index is 14.2. The molecule has 0 N–H and O–H groups in total. The van der Waals surface area contributed by atoms with Crippen molar-refractivity contribution in [3.8, 4) is 11.1 Å². The summed E-state index contributed by atoms with van der Waals surface area (Å²) in [5.41, 5.74) is -0.463. The molecule has 0 amide bonds. The predicted octanol–water partition coefficient (Wildman–Crippen LogP) is 6.02. The Labute approximate surface area is 125 Å². The van der Waals surface area contributed by atoms with Gasteiger partial charge in [0.15, 0.2) is 0 Å². The fraction of sp³-hybridized carbons (Fsp3) is 0.294. The number of benzene rings is 2. The molecule has 0 unspecified atom stereocenters. The van der Waals surface area contributed by atoms with Gasteiger partial charge in [-0.2, -0.15) is 0 Å². The van der Waals surface area contributed by atoms with Crippen molar-refractivity contribution in [2.45, 2.75) is 32.6 Å². The lowest BCUT2D eigenvalue weighted by Crippen LogP contribution is -2.11. The molecule has 0 nitrogen and oxygen atoms in total. The zero-order valence-corrected chi connectivity index (χ0v) is 12.4. The number of halogens is 5. The van der Waals surface area contributed by atoms with Crippen LogP contribution in [0.2, 0.25) is 0 Å². The van der Waals surface area contributed by atoms with Gasteiger partial charge in [-0.1, -0.05) is 24.3 Å². The summed E-state index contributed by atoms with van der Waals surface area (Å²) in [6, 6.07) is 7.05. The van der Waals surface area contributed by atoms with Gasteiger partial charge in [0.1, 0.15) is 5.82 Å². The molecule has 0 bridgehead atoms. The quantitative estimate of drug-likeness (QED) is 0.607. The highest BCUT2D eigenvalue weighted by Crippen LogP contribution is 2.39. The number of alkyl halides is 4. The van der Waals surface area contributed by atoms with Crippen molar-refractivity contribution in [1.29, 1.82) is 0 Å². The Balaban J connectivity index is 2.62. The van der Waals surface area contributed by atoms with E-state index in [1.54, 1.807) is 0 Å². The summed E-state index contributed by atoms with van der Waals surface area (Å²) < 4.78 is 68.1. The van der Waals surface area contributed by atoms with Crippen LogP contribution in [0.5, 0.6) is 0 Å². The summed E-state index contributed by atoms with van der Waals surface area (Å²) in [5, 5.41) is 0. The third-order valence-electron chi connectivity index (χ3n) is 3.39. The van der Waals surface area contributed by atoms with E-state index in [1.807, 2.05) is 0 Å². The van der Waals surface area contributed by atoms with Crippen molar-refractivity contribution in [2.75, 3.05) is 0 Å². The molecule has 0 atom stereocenters. The van der Waals surface area contributed by atoms with Crippen molar-refractivity contribution >= 4 is 0 Å². The Bertz CT molecular complexity index is 676. The van der Waals surface area contributed by atoms with E-state index < -0.39 is 23.2 Å². The molecular formula is C17H15F5. The molecule has 0 saturated carbocycles. The minimum atomic E-state index is -3.24. The first-order valence-corrected chi connectivity index (χ1v) is 6.67. The second-order valence-corrected chi connectivity index (χ2v) is 5.52. The zero-order chi connectivity index (χ0) is 16.7. The van der Waals surface area contributed by atoms with Crippen molar-refractivity contribution in [2.24, 2.45) is 0 Å². The van der Waals surface area contributed by atoms with E-state index in [9.17, 15) is 22.0 Å². The van der Waals surface area contributed by atoms with Crippen molar-refractivity contribution in [3.05, 3.63) is 58.9 Å². The standard InChI is InChI=1S/C17H15F5/c1-10-8-13(17(3,21)22)15(14(18)9-10)11-4-6-12(7-5-11)16(2,19)20/h4-9H,1-3H3. The molecule has 0 saturated heterocycles. The van der Waals surface area contributed by atoms with E-state index in [0.717, 1.165) is 25.1 Å². The molecule has 0 aliphatic carbocycles. The summed E-state index contributed by atoms with van der Waals surface area (Å²) in [6.45, 7) is 2.93. The zero-order valence-electron chi connectivity index (χ0n) is 12.4. The SMILES string of the molecule is Cc1cc(F)c(-c2ccc(C(C)(F)F)cc2)c(C(C)(F)F)c1. The van der Waals surface area contributed by atoms with Gasteiger partial charge in [-0.3, -0.25) is 0 Å². The highest BCUT2D eigenvalue weighted by Gasteiger charge is 2.31. The topological polar surface area (TPSA) is 0 Å². The minimum absolute atomic E-state index is 0.141. The van der Waals surface area contributed by atoms with Crippen LogP contribution in [0.25, 0.3) is 11.1 Å². The molecule has 0 fully saturated rings. The molecule has 0 aromatic heterocycles. The normalized spacial score (nSPS) is 12.5. The van der Waals surface area contributed by atoms with Gasteiger partial charge in [-0.25, -0.2) is 22.0 Å². The van der Waals surface area contributed by atoms with Gasteiger partial charge in [0, 0.05) is 30.5 Å².